The van der Waals surface area contributed by atoms with Crippen molar-refractivity contribution in [2.24, 2.45) is 5.92 Å². The van der Waals surface area contributed by atoms with Crippen LogP contribution in [-0.4, -0.2) is 69.3 Å². The van der Waals surface area contributed by atoms with Crippen LogP contribution >= 0.6 is 0 Å². The van der Waals surface area contributed by atoms with Crippen molar-refractivity contribution in [3.63, 3.8) is 0 Å². The van der Waals surface area contributed by atoms with Crippen molar-refractivity contribution in [1.29, 1.82) is 0 Å². The molecule has 0 aromatic heterocycles. The van der Waals surface area contributed by atoms with Gasteiger partial charge in [-0.15, -0.1) is 0 Å². The van der Waals surface area contributed by atoms with Gasteiger partial charge in [-0.25, -0.2) is 8.78 Å². The molecule has 40 heavy (non-hydrogen) atoms. The summed E-state index contributed by atoms with van der Waals surface area (Å²) in [6, 6.07) is 7.13. The van der Waals surface area contributed by atoms with E-state index in [0.29, 0.717) is 41.5 Å². The lowest BCUT2D eigenvalue weighted by molar-refractivity contribution is 0.0709. The maximum atomic E-state index is 14.4. The second-order valence-corrected chi connectivity index (χ2v) is 11.1. The molecule has 1 heterocycles. The smallest absolute Gasteiger partial charge is 0.254 e. The van der Waals surface area contributed by atoms with Crippen molar-refractivity contribution in [3.8, 4) is 17.2 Å². The van der Waals surface area contributed by atoms with Crippen LogP contribution in [0.1, 0.15) is 67.8 Å². The molecule has 1 unspecified atom stereocenters. The molecule has 2 aromatic rings. The number of likely N-dealkylation sites (tertiary alicyclic amines) is 1. The van der Waals surface area contributed by atoms with Gasteiger partial charge in [0.25, 0.3) is 5.91 Å². The summed E-state index contributed by atoms with van der Waals surface area (Å²) in [5, 5.41) is 0. The normalized spacial score (nSPS) is 18.6. The number of halogens is 2. The Bertz CT molecular complexity index is 1170. The van der Waals surface area contributed by atoms with Crippen molar-refractivity contribution in [3.05, 3.63) is 58.7 Å². The highest BCUT2D eigenvalue weighted by atomic mass is 19.1. The minimum Gasteiger partial charge on any atom is -0.493 e. The summed E-state index contributed by atoms with van der Waals surface area (Å²) in [5.74, 6) is 0.538. The molecule has 1 amide bonds. The molecule has 1 aliphatic heterocycles. The molecule has 6 nitrogen and oxygen atoms in total. The number of ether oxygens (including phenoxy) is 3. The summed E-state index contributed by atoms with van der Waals surface area (Å²) >= 11 is 0. The van der Waals surface area contributed by atoms with Gasteiger partial charge in [-0.2, -0.15) is 0 Å². The second kappa shape index (κ2) is 14.0. The third-order valence-corrected chi connectivity index (χ3v) is 8.15. The highest BCUT2D eigenvalue weighted by Crippen LogP contribution is 2.38. The molecule has 1 saturated carbocycles. The highest BCUT2D eigenvalue weighted by molar-refractivity contribution is 5.96. The number of hydrogen-bond acceptors (Lipinski definition) is 5. The molecule has 0 bridgehead atoms. The standard InChI is InChI=1S/C32H42F2N2O4/c1-22(15-24-12-13-26(33)18-28(24)34)19-36(21-27-11-8-14-35(27)20-23-9-6-5-7-10-23)32(37)25-16-29(38-2)31(40-4)30(17-25)39-3/h12-13,15-18,23,27H,5-11,14,19-21H2,1-4H3. The van der Waals surface area contributed by atoms with Crippen LogP contribution in [0.4, 0.5) is 8.78 Å². The van der Waals surface area contributed by atoms with Gasteiger partial charge < -0.3 is 19.1 Å². The number of nitrogens with zero attached hydrogens (tertiary/aromatic N) is 2. The first-order valence-corrected chi connectivity index (χ1v) is 14.3. The van der Waals surface area contributed by atoms with E-state index in [1.54, 1.807) is 18.2 Å². The zero-order valence-electron chi connectivity index (χ0n) is 24.2. The maximum absolute atomic E-state index is 14.4. The molecule has 8 heteroatoms. The molecule has 1 aliphatic carbocycles. The lowest BCUT2D eigenvalue weighted by Crippen LogP contribution is -2.45. The van der Waals surface area contributed by atoms with E-state index in [9.17, 15) is 13.6 Å². The van der Waals surface area contributed by atoms with Crippen LogP contribution in [0.5, 0.6) is 17.2 Å². The molecule has 0 N–H and O–H groups in total. The average molecular weight is 557 g/mol. The first-order chi connectivity index (χ1) is 19.3. The zero-order chi connectivity index (χ0) is 28.6. The average Bonchev–Trinajstić information content (AvgIpc) is 3.39. The fraction of sp³-hybridized carbons (Fsp3) is 0.531. The molecular weight excluding hydrogens is 514 g/mol. The van der Waals surface area contributed by atoms with Gasteiger partial charge in [-0.3, -0.25) is 9.69 Å². The number of methoxy groups -OCH3 is 3. The number of amides is 1. The summed E-state index contributed by atoms with van der Waals surface area (Å²) in [6.07, 6.45) is 10.3. The van der Waals surface area contributed by atoms with Gasteiger partial charge in [0.15, 0.2) is 11.5 Å². The third-order valence-electron chi connectivity index (χ3n) is 8.15. The van der Waals surface area contributed by atoms with Crippen molar-refractivity contribution in [2.45, 2.75) is 57.9 Å². The zero-order valence-corrected chi connectivity index (χ0v) is 24.2. The Morgan fingerprint density at radius 3 is 2.30 bits per heavy atom. The Morgan fingerprint density at radius 2 is 1.68 bits per heavy atom. The Morgan fingerprint density at radius 1 is 0.975 bits per heavy atom. The Kier molecular flexibility index (Phi) is 10.4. The molecule has 2 aromatic carbocycles. The molecular formula is C32H42F2N2O4. The van der Waals surface area contributed by atoms with Crippen molar-refractivity contribution >= 4 is 12.0 Å². The van der Waals surface area contributed by atoms with Crippen LogP contribution < -0.4 is 14.2 Å². The second-order valence-electron chi connectivity index (χ2n) is 11.1. The summed E-state index contributed by atoms with van der Waals surface area (Å²) in [4.78, 5) is 18.5. The van der Waals surface area contributed by atoms with Gasteiger partial charge >= 0.3 is 0 Å². The molecule has 1 atom stereocenters. The molecule has 2 fully saturated rings. The maximum Gasteiger partial charge on any atom is 0.254 e. The van der Waals surface area contributed by atoms with Crippen molar-refractivity contribution < 1.29 is 27.8 Å². The van der Waals surface area contributed by atoms with E-state index in [2.05, 4.69) is 4.90 Å². The lowest BCUT2D eigenvalue weighted by atomic mass is 9.89. The van der Waals surface area contributed by atoms with Gasteiger partial charge in [0, 0.05) is 42.9 Å². The van der Waals surface area contributed by atoms with Crippen LogP contribution in [0.2, 0.25) is 0 Å². The number of hydrogen-bond donors (Lipinski definition) is 0. The van der Waals surface area contributed by atoms with Gasteiger partial charge in [0.1, 0.15) is 11.6 Å². The largest absolute Gasteiger partial charge is 0.493 e. The van der Waals surface area contributed by atoms with Crippen molar-refractivity contribution in [1.82, 2.24) is 9.80 Å². The van der Waals surface area contributed by atoms with E-state index < -0.39 is 11.6 Å². The SMILES string of the molecule is COc1cc(C(=O)N(CC(C)=Cc2ccc(F)cc2F)CC2CCCN2CC2CCCCC2)cc(OC)c1OC. The quantitative estimate of drug-likeness (QED) is 0.313. The summed E-state index contributed by atoms with van der Waals surface area (Å²) in [6.45, 7) is 4.85. The predicted molar refractivity (Wildman–Crippen MR) is 153 cm³/mol. The van der Waals surface area contributed by atoms with E-state index in [1.807, 2.05) is 11.8 Å². The van der Waals surface area contributed by atoms with Crippen LogP contribution in [0.3, 0.4) is 0 Å². The first kappa shape index (κ1) is 29.8. The van der Waals surface area contributed by atoms with E-state index in [4.69, 9.17) is 14.2 Å². The van der Waals surface area contributed by atoms with E-state index in [0.717, 1.165) is 43.5 Å². The van der Waals surface area contributed by atoms with Crippen LogP contribution in [0, 0.1) is 17.6 Å². The number of carbonyl (C=O) groups excluding carboxylic acids is 1. The fourth-order valence-corrected chi connectivity index (χ4v) is 6.14. The van der Waals surface area contributed by atoms with Gasteiger partial charge in [-0.1, -0.05) is 30.9 Å². The topological polar surface area (TPSA) is 51.2 Å². The Hall–Kier alpha value is -3.13. The Labute approximate surface area is 236 Å². The number of rotatable bonds is 11. The van der Waals surface area contributed by atoms with Gasteiger partial charge in [0.2, 0.25) is 5.75 Å². The monoisotopic (exact) mass is 556 g/mol. The van der Waals surface area contributed by atoms with Gasteiger partial charge in [-0.05, 0) is 69.3 Å². The molecule has 0 spiro atoms. The Balaban J connectivity index is 1.61. The van der Waals surface area contributed by atoms with E-state index >= 15 is 0 Å². The fourth-order valence-electron chi connectivity index (χ4n) is 6.14. The lowest BCUT2D eigenvalue weighted by Gasteiger charge is -2.34. The summed E-state index contributed by atoms with van der Waals surface area (Å²) in [7, 11) is 4.57. The molecule has 1 saturated heterocycles. The van der Waals surface area contributed by atoms with Crippen LogP contribution in [0.15, 0.2) is 35.9 Å². The minimum absolute atomic E-state index is 0.170. The molecule has 2 aliphatic rings. The molecule has 4 rings (SSSR count). The van der Waals surface area contributed by atoms with Crippen LogP contribution in [-0.2, 0) is 0 Å². The van der Waals surface area contributed by atoms with Crippen molar-refractivity contribution in [2.75, 3.05) is 47.5 Å². The highest BCUT2D eigenvalue weighted by Gasteiger charge is 2.31. The summed E-state index contributed by atoms with van der Waals surface area (Å²) < 4.78 is 44.3. The first-order valence-electron chi connectivity index (χ1n) is 14.3. The van der Waals surface area contributed by atoms with E-state index in [-0.39, 0.29) is 11.9 Å². The summed E-state index contributed by atoms with van der Waals surface area (Å²) in [5.41, 5.74) is 1.51. The third kappa shape index (κ3) is 7.33. The molecule has 218 valence electrons. The number of benzene rings is 2. The van der Waals surface area contributed by atoms with Crippen LogP contribution in [0.25, 0.3) is 6.08 Å². The van der Waals surface area contributed by atoms with E-state index in [1.165, 1.54) is 65.6 Å². The van der Waals surface area contributed by atoms with Gasteiger partial charge in [0.05, 0.1) is 21.3 Å². The number of carbonyl (C=O) groups is 1. The minimum atomic E-state index is -0.628. The molecule has 0 radical (unpaired) electrons. The predicted octanol–water partition coefficient (Wildman–Crippen LogP) is 6.58.